The number of rotatable bonds is 12. The molecule has 0 aliphatic carbocycles. The molecule has 0 aromatic heterocycles. The molecular weight excluding hydrogens is 578 g/mol. The van der Waals surface area contributed by atoms with E-state index in [-0.39, 0.29) is 24.8 Å². The molecule has 1 unspecified atom stereocenters. The van der Waals surface area contributed by atoms with Crippen LogP contribution < -0.4 is 9.62 Å². The molecule has 0 heterocycles. The maximum Gasteiger partial charge on any atom is 0.244 e. The molecule has 39 heavy (non-hydrogen) atoms. The number of anilines is 1. The lowest BCUT2D eigenvalue weighted by Crippen LogP contribution is -2.53. The molecule has 3 rings (SSSR count). The number of halogens is 1. The molecule has 1 N–H and O–H groups in total. The minimum absolute atomic E-state index is 0.161. The summed E-state index contributed by atoms with van der Waals surface area (Å²) in [5.74, 6) is -0.517. The molecule has 208 valence electrons. The van der Waals surface area contributed by atoms with Gasteiger partial charge in [-0.2, -0.15) is 0 Å². The second-order valence-electron chi connectivity index (χ2n) is 10.0. The van der Waals surface area contributed by atoms with Crippen LogP contribution in [0.5, 0.6) is 0 Å². The van der Waals surface area contributed by atoms with Gasteiger partial charge in [-0.05, 0) is 47.7 Å². The molecule has 0 fully saturated rings. The highest BCUT2D eigenvalue weighted by molar-refractivity contribution is 9.10. The van der Waals surface area contributed by atoms with Crippen LogP contribution in [0.25, 0.3) is 0 Å². The minimum atomic E-state index is -3.81. The smallest absolute Gasteiger partial charge is 0.244 e. The van der Waals surface area contributed by atoms with Gasteiger partial charge in [-0.15, -0.1) is 0 Å². The molecular formula is C30H36BrN3O4S. The van der Waals surface area contributed by atoms with Gasteiger partial charge in [-0.3, -0.25) is 13.9 Å². The summed E-state index contributed by atoms with van der Waals surface area (Å²) in [5.41, 5.74) is 3.12. The summed E-state index contributed by atoms with van der Waals surface area (Å²) < 4.78 is 27.5. The third kappa shape index (κ3) is 8.93. The fraction of sp³-hybridized carbons (Fsp3) is 0.333. The Hall–Kier alpha value is -3.17. The van der Waals surface area contributed by atoms with Crippen LogP contribution in [0.3, 0.4) is 0 Å². The zero-order valence-corrected chi connectivity index (χ0v) is 25.2. The van der Waals surface area contributed by atoms with Gasteiger partial charge in [0.15, 0.2) is 0 Å². The maximum atomic E-state index is 14.1. The van der Waals surface area contributed by atoms with E-state index in [1.165, 1.54) is 4.90 Å². The lowest BCUT2D eigenvalue weighted by molar-refractivity contribution is -0.140. The molecule has 0 spiro atoms. The quantitative estimate of drug-likeness (QED) is 0.314. The van der Waals surface area contributed by atoms with E-state index in [9.17, 15) is 18.0 Å². The zero-order chi connectivity index (χ0) is 28.6. The van der Waals surface area contributed by atoms with E-state index >= 15 is 0 Å². The van der Waals surface area contributed by atoms with Crippen molar-refractivity contribution in [3.8, 4) is 0 Å². The van der Waals surface area contributed by atoms with Crippen LogP contribution >= 0.6 is 15.9 Å². The van der Waals surface area contributed by atoms with E-state index in [4.69, 9.17) is 0 Å². The molecule has 0 saturated heterocycles. The standard InChI is InChI=1S/C30H36BrN3O4S/c1-22(2)19-32-30(36)28(17-24-12-6-5-7-13-24)33(20-25-14-9-8-11-23(25)3)29(35)21-34(39(4,37)38)27-16-10-15-26(31)18-27/h5-16,18,22,28H,17,19-21H2,1-4H3,(H,32,36). The number of hydrogen-bond donors (Lipinski definition) is 1. The molecule has 0 saturated carbocycles. The first-order chi connectivity index (χ1) is 18.5. The highest BCUT2D eigenvalue weighted by Crippen LogP contribution is 2.24. The Morgan fingerprint density at radius 1 is 0.949 bits per heavy atom. The predicted octanol–water partition coefficient (Wildman–Crippen LogP) is 4.94. The molecule has 7 nitrogen and oxygen atoms in total. The average molecular weight is 615 g/mol. The van der Waals surface area contributed by atoms with Crippen LogP contribution in [0.2, 0.25) is 0 Å². The second kappa shape index (κ2) is 13.8. The minimum Gasteiger partial charge on any atom is -0.354 e. The molecule has 9 heteroatoms. The largest absolute Gasteiger partial charge is 0.354 e. The molecule has 1 atom stereocenters. The van der Waals surface area contributed by atoms with E-state index in [0.29, 0.717) is 16.7 Å². The first kappa shape index (κ1) is 30.4. The number of sulfonamides is 1. The summed E-state index contributed by atoms with van der Waals surface area (Å²) in [7, 11) is -3.81. The van der Waals surface area contributed by atoms with Crippen LogP contribution in [0.1, 0.15) is 30.5 Å². The number of carbonyl (C=O) groups is 2. The topological polar surface area (TPSA) is 86.8 Å². The number of aryl methyl sites for hydroxylation is 1. The molecule has 0 aliphatic heterocycles. The molecule has 0 bridgehead atoms. The number of nitrogens with zero attached hydrogens (tertiary/aromatic N) is 2. The summed E-state index contributed by atoms with van der Waals surface area (Å²) in [6, 6.07) is 23.1. The first-order valence-electron chi connectivity index (χ1n) is 12.8. The molecule has 2 amide bonds. The molecule has 0 aliphatic rings. The average Bonchev–Trinajstić information content (AvgIpc) is 2.88. The number of benzene rings is 3. The summed E-state index contributed by atoms with van der Waals surface area (Å²) >= 11 is 3.38. The van der Waals surface area contributed by atoms with E-state index in [0.717, 1.165) is 27.3 Å². The van der Waals surface area contributed by atoms with Crippen LogP contribution in [0, 0.1) is 12.8 Å². The van der Waals surface area contributed by atoms with Crippen molar-refractivity contribution >= 4 is 43.5 Å². The van der Waals surface area contributed by atoms with Gasteiger partial charge in [0.25, 0.3) is 0 Å². The summed E-state index contributed by atoms with van der Waals surface area (Å²) in [4.78, 5) is 29.2. The van der Waals surface area contributed by atoms with Gasteiger partial charge in [0, 0.05) is 24.0 Å². The second-order valence-corrected chi connectivity index (χ2v) is 12.9. The molecule has 3 aromatic rings. The number of hydrogen-bond acceptors (Lipinski definition) is 4. The van der Waals surface area contributed by atoms with Crippen LogP contribution in [0.15, 0.2) is 83.3 Å². The van der Waals surface area contributed by atoms with Crippen molar-refractivity contribution < 1.29 is 18.0 Å². The van der Waals surface area contributed by atoms with Gasteiger partial charge < -0.3 is 10.2 Å². The Balaban J connectivity index is 2.06. The highest BCUT2D eigenvalue weighted by Gasteiger charge is 2.33. The number of amides is 2. The van der Waals surface area contributed by atoms with E-state index in [1.807, 2.05) is 75.4 Å². The normalized spacial score (nSPS) is 12.2. The Morgan fingerprint density at radius 2 is 1.62 bits per heavy atom. The van der Waals surface area contributed by atoms with Crippen molar-refractivity contribution in [2.24, 2.45) is 5.92 Å². The van der Waals surface area contributed by atoms with Gasteiger partial charge in [-0.1, -0.05) is 90.4 Å². The van der Waals surface area contributed by atoms with Gasteiger partial charge in [-0.25, -0.2) is 8.42 Å². The van der Waals surface area contributed by atoms with Crippen molar-refractivity contribution in [2.75, 3.05) is 23.7 Å². The van der Waals surface area contributed by atoms with Crippen molar-refractivity contribution in [1.29, 1.82) is 0 Å². The number of nitrogens with one attached hydrogen (secondary N) is 1. The Bertz CT molecular complexity index is 1380. The van der Waals surface area contributed by atoms with E-state index < -0.39 is 28.5 Å². The van der Waals surface area contributed by atoms with Crippen LogP contribution in [-0.4, -0.2) is 50.5 Å². The van der Waals surface area contributed by atoms with Crippen molar-refractivity contribution in [1.82, 2.24) is 10.2 Å². The van der Waals surface area contributed by atoms with Crippen molar-refractivity contribution in [2.45, 2.75) is 39.8 Å². The van der Waals surface area contributed by atoms with E-state index in [2.05, 4.69) is 21.2 Å². The van der Waals surface area contributed by atoms with E-state index in [1.54, 1.807) is 24.3 Å². The molecule has 3 aromatic carbocycles. The Labute approximate surface area is 240 Å². The SMILES string of the molecule is Cc1ccccc1CN(C(=O)CN(c1cccc(Br)c1)S(C)(=O)=O)C(Cc1ccccc1)C(=O)NCC(C)C. The summed E-state index contributed by atoms with van der Waals surface area (Å²) in [6.45, 7) is 6.14. The monoisotopic (exact) mass is 613 g/mol. The van der Waals surface area contributed by atoms with Crippen molar-refractivity contribution in [3.05, 3.63) is 100 Å². The Kier molecular flexibility index (Phi) is 10.7. The van der Waals surface area contributed by atoms with Gasteiger partial charge in [0.1, 0.15) is 12.6 Å². The summed E-state index contributed by atoms with van der Waals surface area (Å²) in [5, 5.41) is 2.99. The van der Waals surface area contributed by atoms with Crippen LogP contribution in [0.4, 0.5) is 5.69 Å². The number of carbonyl (C=O) groups excluding carboxylic acids is 2. The third-order valence-electron chi connectivity index (χ3n) is 6.33. The fourth-order valence-electron chi connectivity index (χ4n) is 4.19. The van der Waals surface area contributed by atoms with Crippen LogP contribution in [-0.2, 0) is 32.6 Å². The molecule has 0 radical (unpaired) electrons. The predicted molar refractivity (Wildman–Crippen MR) is 160 cm³/mol. The zero-order valence-electron chi connectivity index (χ0n) is 22.8. The summed E-state index contributed by atoms with van der Waals surface area (Å²) in [6.07, 6.45) is 1.36. The highest BCUT2D eigenvalue weighted by atomic mass is 79.9. The van der Waals surface area contributed by atoms with Gasteiger partial charge in [0.05, 0.1) is 11.9 Å². The maximum absolute atomic E-state index is 14.1. The van der Waals surface area contributed by atoms with Gasteiger partial charge in [0.2, 0.25) is 21.8 Å². The Morgan fingerprint density at radius 3 is 2.23 bits per heavy atom. The fourth-order valence-corrected chi connectivity index (χ4v) is 5.42. The lowest BCUT2D eigenvalue weighted by Gasteiger charge is -2.34. The van der Waals surface area contributed by atoms with Crippen molar-refractivity contribution in [3.63, 3.8) is 0 Å². The first-order valence-corrected chi connectivity index (χ1v) is 15.5. The third-order valence-corrected chi connectivity index (χ3v) is 7.97. The van der Waals surface area contributed by atoms with Gasteiger partial charge >= 0.3 is 0 Å². The lowest BCUT2D eigenvalue weighted by atomic mass is 10.0.